The number of halogens is 1. The van der Waals surface area contributed by atoms with Crippen LogP contribution in [0.2, 0.25) is 5.02 Å². The number of rotatable bonds is 3. The number of aromatic nitrogens is 2. The molecular weight excluding hydrogens is 180 g/mol. The normalized spacial score (nSPS) is 10.0. The summed E-state index contributed by atoms with van der Waals surface area (Å²) in [5.41, 5.74) is 0. The highest BCUT2D eigenvalue weighted by Gasteiger charge is 1.94. The lowest BCUT2D eigenvalue weighted by molar-refractivity contribution is 0.961. The molecule has 0 fully saturated rings. The van der Waals surface area contributed by atoms with E-state index in [2.05, 4.69) is 16.9 Å². The second kappa shape index (κ2) is 4.57. The third-order valence-electron chi connectivity index (χ3n) is 1.03. The maximum atomic E-state index is 5.61. The highest BCUT2D eigenvalue weighted by molar-refractivity contribution is 7.99. The summed E-state index contributed by atoms with van der Waals surface area (Å²) < 4.78 is 0. The Bertz CT molecular complexity index is 212. The quantitative estimate of drug-likeness (QED) is 0.539. The minimum atomic E-state index is 0.589. The van der Waals surface area contributed by atoms with Gasteiger partial charge in [-0.25, -0.2) is 9.97 Å². The Kier molecular flexibility index (Phi) is 3.66. The minimum Gasteiger partial charge on any atom is -0.230 e. The summed E-state index contributed by atoms with van der Waals surface area (Å²) in [5, 5.41) is 1.39. The van der Waals surface area contributed by atoms with Crippen LogP contribution in [0.5, 0.6) is 0 Å². The van der Waals surface area contributed by atoms with Gasteiger partial charge < -0.3 is 0 Å². The molecule has 0 radical (unpaired) electrons. The molecule has 1 aromatic rings. The minimum absolute atomic E-state index is 0.589. The lowest BCUT2D eigenvalue weighted by Crippen LogP contribution is -1.85. The topological polar surface area (TPSA) is 25.8 Å². The molecule has 0 aromatic carbocycles. The van der Waals surface area contributed by atoms with Crippen LogP contribution in [0.25, 0.3) is 0 Å². The summed E-state index contributed by atoms with van der Waals surface area (Å²) in [6, 6.07) is 0. The predicted molar refractivity (Wildman–Crippen MR) is 48.1 cm³/mol. The van der Waals surface area contributed by atoms with Crippen LogP contribution in [-0.4, -0.2) is 15.7 Å². The van der Waals surface area contributed by atoms with Crippen LogP contribution in [0.15, 0.2) is 17.6 Å². The van der Waals surface area contributed by atoms with E-state index in [0.717, 1.165) is 17.3 Å². The molecule has 1 aromatic heterocycles. The van der Waals surface area contributed by atoms with Crippen molar-refractivity contribution in [3.8, 4) is 0 Å². The van der Waals surface area contributed by atoms with E-state index in [4.69, 9.17) is 11.6 Å². The molecule has 0 atom stereocenters. The summed E-state index contributed by atoms with van der Waals surface area (Å²) in [5.74, 6) is 1.06. The van der Waals surface area contributed by atoms with Crippen molar-refractivity contribution in [1.29, 1.82) is 0 Å². The van der Waals surface area contributed by atoms with Crippen molar-refractivity contribution in [2.45, 2.75) is 18.5 Å². The van der Waals surface area contributed by atoms with Crippen molar-refractivity contribution in [2.75, 3.05) is 5.75 Å². The van der Waals surface area contributed by atoms with Crippen molar-refractivity contribution in [1.82, 2.24) is 9.97 Å². The molecule has 1 rings (SSSR count). The first-order valence-electron chi connectivity index (χ1n) is 3.43. The molecular formula is C7H9ClN2S. The fraction of sp³-hybridized carbons (Fsp3) is 0.429. The van der Waals surface area contributed by atoms with Crippen molar-refractivity contribution in [3.63, 3.8) is 0 Å². The summed E-state index contributed by atoms with van der Waals surface area (Å²) in [6.07, 6.45) is 4.37. The van der Waals surface area contributed by atoms with Crippen LogP contribution in [-0.2, 0) is 0 Å². The van der Waals surface area contributed by atoms with Gasteiger partial charge in [-0.15, -0.1) is 0 Å². The van der Waals surface area contributed by atoms with Crippen LogP contribution in [0, 0.1) is 0 Å². The van der Waals surface area contributed by atoms with Crippen LogP contribution < -0.4 is 0 Å². The largest absolute Gasteiger partial charge is 0.230 e. The van der Waals surface area contributed by atoms with Crippen LogP contribution in [0.4, 0.5) is 0 Å². The van der Waals surface area contributed by atoms with Crippen LogP contribution >= 0.6 is 23.4 Å². The zero-order valence-corrected chi connectivity index (χ0v) is 7.82. The number of hydrogen-bond acceptors (Lipinski definition) is 3. The number of hydrogen-bond donors (Lipinski definition) is 0. The Labute approximate surface area is 75.4 Å². The van der Waals surface area contributed by atoms with E-state index in [9.17, 15) is 0 Å². The molecule has 1 heterocycles. The number of thioether (sulfide) groups is 1. The van der Waals surface area contributed by atoms with Gasteiger partial charge in [0.05, 0.1) is 17.4 Å². The summed E-state index contributed by atoms with van der Waals surface area (Å²) in [6.45, 7) is 2.13. The van der Waals surface area contributed by atoms with Crippen LogP contribution in [0.3, 0.4) is 0 Å². The van der Waals surface area contributed by atoms with Gasteiger partial charge in [0, 0.05) is 5.75 Å². The van der Waals surface area contributed by atoms with E-state index >= 15 is 0 Å². The van der Waals surface area contributed by atoms with Gasteiger partial charge in [0.15, 0.2) is 5.16 Å². The van der Waals surface area contributed by atoms with Gasteiger partial charge >= 0.3 is 0 Å². The SMILES string of the molecule is CCCSc1ncc(Cl)cn1. The predicted octanol–water partition coefficient (Wildman–Crippen LogP) is 2.63. The second-order valence-electron chi connectivity index (χ2n) is 2.03. The molecule has 11 heavy (non-hydrogen) atoms. The highest BCUT2D eigenvalue weighted by Crippen LogP contribution is 2.14. The average Bonchev–Trinajstić information content (AvgIpc) is 2.04. The molecule has 0 aliphatic carbocycles. The maximum absolute atomic E-state index is 5.61. The molecule has 0 aliphatic rings. The van der Waals surface area contributed by atoms with E-state index in [1.165, 1.54) is 0 Å². The van der Waals surface area contributed by atoms with Gasteiger partial charge in [0.2, 0.25) is 0 Å². The second-order valence-corrected chi connectivity index (χ2v) is 3.53. The third-order valence-corrected chi connectivity index (χ3v) is 2.31. The van der Waals surface area contributed by atoms with Crippen molar-refractivity contribution < 1.29 is 0 Å². The Hall–Kier alpha value is -0.280. The van der Waals surface area contributed by atoms with Gasteiger partial charge in [-0.3, -0.25) is 0 Å². The fourth-order valence-corrected chi connectivity index (χ4v) is 1.31. The van der Waals surface area contributed by atoms with Crippen LogP contribution in [0.1, 0.15) is 13.3 Å². The summed E-state index contributed by atoms with van der Waals surface area (Å²) in [7, 11) is 0. The molecule has 0 aliphatic heterocycles. The van der Waals surface area contributed by atoms with Gasteiger partial charge in [0.1, 0.15) is 0 Å². The smallest absolute Gasteiger partial charge is 0.187 e. The first-order valence-corrected chi connectivity index (χ1v) is 4.79. The molecule has 4 heteroatoms. The van der Waals surface area contributed by atoms with E-state index in [1.807, 2.05) is 0 Å². The maximum Gasteiger partial charge on any atom is 0.187 e. The van der Waals surface area contributed by atoms with Crippen molar-refractivity contribution in [3.05, 3.63) is 17.4 Å². The summed E-state index contributed by atoms with van der Waals surface area (Å²) >= 11 is 7.26. The first-order chi connectivity index (χ1) is 5.33. The van der Waals surface area contributed by atoms with Gasteiger partial charge in [-0.2, -0.15) is 0 Å². The van der Waals surface area contributed by atoms with Gasteiger partial charge in [-0.05, 0) is 6.42 Å². The Balaban J connectivity index is 2.52. The first kappa shape index (κ1) is 8.81. The average molecular weight is 189 g/mol. The molecule has 0 spiro atoms. The van der Waals surface area contributed by atoms with Gasteiger partial charge in [-0.1, -0.05) is 30.3 Å². The van der Waals surface area contributed by atoms with Crippen molar-refractivity contribution >= 4 is 23.4 Å². The molecule has 0 saturated carbocycles. The van der Waals surface area contributed by atoms with E-state index in [0.29, 0.717) is 5.02 Å². The van der Waals surface area contributed by atoms with E-state index < -0.39 is 0 Å². The molecule has 0 amide bonds. The van der Waals surface area contributed by atoms with Gasteiger partial charge in [0.25, 0.3) is 0 Å². The van der Waals surface area contributed by atoms with Crippen molar-refractivity contribution in [2.24, 2.45) is 0 Å². The summed E-state index contributed by atoms with van der Waals surface area (Å²) in [4.78, 5) is 8.07. The monoisotopic (exact) mass is 188 g/mol. The highest BCUT2D eigenvalue weighted by atomic mass is 35.5. The van der Waals surface area contributed by atoms with E-state index in [1.54, 1.807) is 24.2 Å². The number of nitrogens with zero attached hydrogens (tertiary/aromatic N) is 2. The molecule has 0 saturated heterocycles. The Morgan fingerprint density at radius 1 is 1.45 bits per heavy atom. The Morgan fingerprint density at radius 3 is 2.64 bits per heavy atom. The molecule has 0 N–H and O–H groups in total. The Morgan fingerprint density at radius 2 is 2.09 bits per heavy atom. The molecule has 0 unspecified atom stereocenters. The lowest BCUT2D eigenvalue weighted by Gasteiger charge is -1.95. The standard InChI is InChI=1S/C7H9ClN2S/c1-2-3-11-7-9-4-6(8)5-10-7/h4-5H,2-3H2,1H3. The molecule has 60 valence electrons. The molecule has 0 bridgehead atoms. The fourth-order valence-electron chi connectivity index (χ4n) is 0.568. The zero-order valence-electron chi connectivity index (χ0n) is 6.25. The zero-order chi connectivity index (χ0) is 8.10. The third kappa shape index (κ3) is 3.08. The van der Waals surface area contributed by atoms with E-state index in [-0.39, 0.29) is 0 Å². The molecule has 2 nitrogen and oxygen atoms in total. The lowest BCUT2D eigenvalue weighted by atomic mass is 10.6.